The molecule has 0 atom stereocenters. The average molecular weight is 523 g/mol. The quantitative estimate of drug-likeness (QED) is 0.506. The van der Waals surface area contributed by atoms with Crippen LogP contribution in [0, 0.1) is 5.41 Å². The summed E-state index contributed by atoms with van der Waals surface area (Å²) in [6.45, 7) is 5.91. The molecule has 3 fully saturated rings. The molecule has 2 aromatic heterocycles. The number of morpholine rings is 1. The van der Waals surface area contributed by atoms with Crippen molar-refractivity contribution in [1.29, 1.82) is 0 Å². The summed E-state index contributed by atoms with van der Waals surface area (Å²) < 4.78 is 17.0. The molecule has 0 radical (unpaired) electrons. The number of benzene rings is 1. The van der Waals surface area contributed by atoms with E-state index in [2.05, 4.69) is 26.2 Å². The molecule has 202 valence electrons. The molecule has 1 spiro atoms. The number of piperidine rings is 2. The van der Waals surface area contributed by atoms with E-state index < -0.39 is 6.09 Å². The third-order valence-electron chi connectivity index (χ3n) is 8.13. The fourth-order valence-corrected chi connectivity index (χ4v) is 6.04. The van der Waals surface area contributed by atoms with Crippen molar-refractivity contribution < 1.29 is 23.8 Å². The summed E-state index contributed by atoms with van der Waals surface area (Å²) in [6, 6.07) is 7.89. The zero-order valence-electron chi connectivity index (χ0n) is 21.7. The van der Waals surface area contributed by atoms with E-state index in [9.17, 15) is 9.90 Å². The minimum Gasteiger partial charge on any atom is -0.495 e. The molecule has 0 aliphatic carbocycles. The Labute approximate surface area is 221 Å². The minimum absolute atomic E-state index is 0.0440. The maximum atomic E-state index is 11.6. The fraction of sp³-hybridized carbons (Fsp3) is 0.519. The molecule has 5 heterocycles. The van der Waals surface area contributed by atoms with Crippen LogP contribution in [-0.4, -0.2) is 85.7 Å². The first-order valence-corrected chi connectivity index (χ1v) is 13.3. The summed E-state index contributed by atoms with van der Waals surface area (Å²) in [6.07, 6.45) is 4.66. The van der Waals surface area contributed by atoms with Gasteiger partial charge in [-0.2, -0.15) is 4.98 Å². The van der Waals surface area contributed by atoms with E-state index in [-0.39, 0.29) is 5.41 Å². The molecule has 3 aliphatic heterocycles. The summed E-state index contributed by atoms with van der Waals surface area (Å²) in [4.78, 5) is 27.2. The zero-order chi connectivity index (χ0) is 26.1. The summed E-state index contributed by atoms with van der Waals surface area (Å²) in [7, 11) is 1.68. The molecule has 11 nitrogen and oxygen atoms in total. The number of methoxy groups -OCH3 is 1. The number of rotatable bonds is 5. The van der Waals surface area contributed by atoms with E-state index in [4.69, 9.17) is 18.9 Å². The van der Waals surface area contributed by atoms with E-state index in [1.54, 1.807) is 18.3 Å². The van der Waals surface area contributed by atoms with E-state index >= 15 is 0 Å². The highest BCUT2D eigenvalue weighted by atomic mass is 16.5. The number of furan rings is 1. The number of hydrogen-bond donors (Lipinski definition) is 2. The largest absolute Gasteiger partial charge is 0.495 e. The SMILES string of the molecule is COc1cc(Nc2nc(N3CCC4(CCCN(C(=O)O)C4)CC3)c3occc3n2)ccc1N1CCOCC1. The van der Waals surface area contributed by atoms with Crippen LogP contribution >= 0.6 is 0 Å². The first-order chi connectivity index (χ1) is 18.5. The summed E-state index contributed by atoms with van der Waals surface area (Å²) in [5, 5.41) is 12.9. The van der Waals surface area contributed by atoms with Crippen LogP contribution in [0.15, 0.2) is 34.9 Å². The molecule has 6 rings (SSSR count). The monoisotopic (exact) mass is 522 g/mol. The Morgan fingerprint density at radius 1 is 1.05 bits per heavy atom. The lowest BCUT2D eigenvalue weighted by Gasteiger charge is -2.47. The fourth-order valence-electron chi connectivity index (χ4n) is 6.04. The van der Waals surface area contributed by atoms with Gasteiger partial charge in [-0.1, -0.05) is 0 Å². The number of fused-ring (bicyclic) bond motifs is 1. The number of nitrogens with zero attached hydrogens (tertiary/aromatic N) is 5. The van der Waals surface area contributed by atoms with Gasteiger partial charge < -0.3 is 39.0 Å². The number of likely N-dealkylation sites (tertiary alicyclic amines) is 1. The molecular formula is C27H34N6O5. The van der Waals surface area contributed by atoms with Crippen molar-refractivity contribution in [2.75, 3.05) is 74.7 Å². The first kappa shape index (κ1) is 24.6. The second-order valence-electron chi connectivity index (χ2n) is 10.4. The maximum Gasteiger partial charge on any atom is 0.407 e. The van der Waals surface area contributed by atoms with E-state index in [0.717, 1.165) is 80.3 Å². The number of anilines is 4. The molecule has 1 amide bonds. The Bertz CT molecular complexity index is 1300. The first-order valence-electron chi connectivity index (χ1n) is 13.3. The number of amides is 1. The summed E-state index contributed by atoms with van der Waals surface area (Å²) in [5.41, 5.74) is 3.33. The van der Waals surface area contributed by atoms with Crippen LogP contribution in [0.2, 0.25) is 0 Å². The Morgan fingerprint density at radius 2 is 1.87 bits per heavy atom. The van der Waals surface area contributed by atoms with Gasteiger partial charge in [-0.05, 0) is 43.2 Å². The molecule has 38 heavy (non-hydrogen) atoms. The van der Waals surface area contributed by atoms with Gasteiger partial charge in [0.15, 0.2) is 11.4 Å². The molecule has 3 aliphatic rings. The molecule has 0 bridgehead atoms. The second-order valence-corrected chi connectivity index (χ2v) is 10.4. The van der Waals surface area contributed by atoms with Crippen molar-refractivity contribution in [1.82, 2.24) is 14.9 Å². The lowest BCUT2D eigenvalue weighted by Crippen LogP contribution is -2.51. The van der Waals surface area contributed by atoms with Crippen LogP contribution in [0.5, 0.6) is 5.75 Å². The van der Waals surface area contributed by atoms with Crippen LogP contribution in [0.1, 0.15) is 25.7 Å². The molecule has 3 aromatic rings. The number of hydrogen-bond acceptors (Lipinski definition) is 9. The highest BCUT2D eigenvalue weighted by molar-refractivity contribution is 5.86. The van der Waals surface area contributed by atoms with E-state index in [0.29, 0.717) is 37.8 Å². The van der Waals surface area contributed by atoms with E-state index in [1.165, 1.54) is 0 Å². The smallest absolute Gasteiger partial charge is 0.407 e. The van der Waals surface area contributed by atoms with Crippen LogP contribution in [0.25, 0.3) is 11.1 Å². The van der Waals surface area contributed by atoms with Crippen molar-refractivity contribution in [3.8, 4) is 5.75 Å². The Kier molecular flexibility index (Phi) is 6.61. The summed E-state index contributed by atoms with van der Waals surface area (Å²) in [5.74, 6) is 2.04. The minimum atomic E-state index is -0.815. The molecule has 11 heteroatoms. The zero-order valence-corrected chi connectivity index (χ0v) is 21.7. The topological polar surface area (TPSA) is 116 Å². The second kappa shape index (κ2) is 10.2. The van der Waals surface area contributed by atoms with Crippen LogP contribution in [0.3, 0.4) is 0 Å². The van der Waals surface area contributed by atoms with Gasteiger partial charge in [0.25, 0.3) is 0 Å². The average Bonchev–Trinajstić information content (AvgIpc) is 3.42. The van der Waals surface area contributed by atoms with Crippen LogP contribution < -0.4 is 19.9 Å². The Hall–Kier alpha value is -3.73. The lowest BCUT2D eigenvalue weighted by atomic mass is 9.72. The van der Waals surface area contributed by atoms with Gasteiger partial charge in [0.1, 0.15) is 11.3 Å². The van der Waals surface area contributed by atoms with Crippen LogP contribution in [0.4, 0.5) is 27.9 Å². The third kappa shape index (κ3) is 4.78. The molecule has 3 saturated heterocycles. The molecule has 2 N–H and O–H groups in total. The van der Waals surface area contributed by atoms with Gasteiger partial charge in [0, 0.05) is 57.1 Å². The van der Waals surface area contributed by atoms with Crippen molar-refractivity contribution in [3.63, 3.8) is 0 Å². The van der Waals surface area contributed by atoms with Gasteiger partial charge in [0.05, 0.1) is 32.3 Å². The van der Waals surface area contributed by atoms with Gasteiger partial charge in [0.2, 0.25) is 5.95 Å². The van der Waals surface area contributed by atoms with Gasteiger partial charge in [-0.3, -0.25) is 0 Å². The number of nitrogens with one attached hydrogen (secondary N) is 1. The number of ether oxygens (including phenoxy) is 2. The van der Waals surface area contributed by atoms with Crippen molar-refractivity contribution in [2.45, 2.75) is 25.7 Å². The molecule has 0 unspecified atom stereocenters. The van der Waals surface area contributed by atoms with E-state index in [1.807, 2.05) is 18.2 Å². The molecular weight excluding hydrogens is 488 g/mol. The third-order valence-corrected chi connectivity index (χ3v) is 8.13. The lowest BCUT2D eigenvalue weighted by molar-refractivity contribution is 0.0613. The predicted octanol–water partition coefficient (Wildman–Crippen LogP) is 4.17. The van der Waals surface area contributed by atoms with Crippen molar-refractivity contribution in [2.24, 2.45) is 5.41 Å². The number of carboxylic acid groups (broad SMARTS) is 1. The Balaban J connectivity index is 1.21. The number of aromatic nitrogens is 2. The maximum absolute atomic E-state index is 11.6. The highest BCUT2D eigenvalue weighted by Crippen LogP contribution is 2.42. The van der Waals surface area contributed by atoms with Gasteiger partial charge in [-0.25, -0.2) is 9.78 Å². The normalized spacial score (nSPS) is 19.7. The van der Waals surface area contributed by atoms with Gasteiger partial charge >= 0.3 is 6.09 Å². The molecule has 0 saturated carbocycles. The van der Waals surface area contributed by atoms with Crippen molar-refractivity contribution in [3.05, 3.63) is 30.5 Å². The summed E-state index contributed by atoms with van der Waals surface area (Å²) >= 11 is 0. The van der Waals surface area contributed by atoms with Crippen LogP contribution in [-0.2, 0) is 4.74 Å². The molecule has 1 aromatic carbocycles. The van der Waals surface area contributed by atoms with Crippen molar-refractivity contribution >= 4 is 40.3 Å². The highest BCUT2D eigenvalue weighted by Gasteiger charge is 2.40. The standard InChI is InChI=1S/C27H34N6O5/c1-36-22-17-19(3-4-21(22)31-12-15-37-16-13-31)28-25-29-20-5-14-38-23(20)24(30-25)32-10-7-27(8-11-32)6-2-9-33(18-27)26(34)35/h3-5,14,17H,2,6-13,15-16,18H2,1H3,(H,34,35)(H,28,29,30). The number of carbonyl (C=O) groups is 1. The van der Waals surface area contributed by atoms with Gasteiger partial charge in [-0.15, -0.1) is 0 Å². The Morgan fingerprint density at radius 3 is 2.63 bits per heavy atom. The predicted molar refractivity (Wildman–Crippen MR) is 144 cm³/mol.